The Hall–Kier alpha value is -1.36. The summed E-state index contributed by atoms with van der Waals surface area (Å²) in [6.07, 6.45) is 6.31. The van der Waals surface area contributed by atoms with Gasteiger partial charge in [0.2, 0.25) is 0 Å². The lowest BCUT2D eigenvalue weighted by Crippen LogP contribution is -2.51. The molecule has 0 aromatic carbocycles. The summed E-state index contributed by atoms with van der Waals surface area (Å²) < 4.78 is 7.07. The van der Waals surface area contributed by atoms with Crippen molar-refractivity contribution < 1.29 is 9.53 Å². The Labute approximate surface area is 114 Å². The molecule has 1 fully saturated rings. The number of carbonyl (C=O) groups excluding carboxylic acids is 1. The first-order chi connectivity index (χ1) is 8.67. The highest BCUT2D eigenvalue weighted by Gasteiger charge is 2.34. The normalized spacial score (nSPS) is 19.0. The number of rotatable bonds is 4. The molecule has 2 N–H and O–H groups in total. The zero-order valence-electron chi connectivity index (χ0n) is 12.1. The van der Waals surface area contributed by atoms with Crippen molar-refractivity contribution in [2.75, 3.05) is 0 Å². The number of aromatic nitrogens is 2. The minimum atomic E-state index is -1.07. The zero-order chi connectivity index (χ0) is 14.3. The van der Waals surface area contributed by atoms with Crippen molar-refractivity contribution in [2.45, 2.75) is 64.1 Å². The molecule has 0 bridgehead atoms. The van der Waals surface area contributed by atoms with Crippen LogP contribution in [0.25, 0.3) is 0 Å². The Morgan fingerprint density at radius 2 is 2.11 bits per heavy atom. The highest BCUT2D eigenvalue weighted by atomic mass is 16.6. The first kappa shape index (κ1) is 14.1. The van der Waals surface area contributed by atoms with Gasteiger partial charge in [0, 0.05) is 6.20 Å². The summed E-state index contributed by atoms with van der Waals surface area (Å²) >= 11 is 0. The maximum absolute atomic E-state index is 12.0. The number of hydrogen-bond acceptors (Lipinski definition) is 4. The average molecular weight is 265 g/mol. The lowest BCUT2D eigenvalue weighted by molar-refractivity contribution is -0.161. The van der Waals surface area contributed by atoms with Gasteiger partial charge in [-0.1, -0.05) is 0 Å². The van der Waals surface area contributed by atoms with Crippen LogP contribution in [-0.2, 0) is 16.1 Å². The van der Waals surface area contributed by atoms with Crippen LogP contribution in [0, 0.1) is 0 Å². The Bertz CT molecular complexity index is 467. The van der Waals surface area contributed by atoms with Crippen LogP contribution in [0.15, 0.2) is 12.4 Å². The minimum Gasteiger partial charge on any atom is -0.459 e. The van der Waals surface area contributed by atoms with Gasteiger partial charge in [-0.05, 0) is 52.0 Å². The van der Waals surface area contributed by atoms with E-state index in [1.165, 1.54) is 18.4 Å². The minimum absolute atomic E-state index is 0.328. The lowest BCUT2D eigenvalue weighted by Gasteiger charge is -2.28. The number of nitrogens with two attached hydrogens (primary N) is 1. The number of carbonyl (C=O) groups is 1. The molecule has 1 aromatic heterocycles. The van der Waals surface area contributed by atoms with Crippen LogP contribution in [-0.4, -0.2) is 26.9 Å². The molecule has 5 nitrogen and oxygen atoms in total. The van der Waals surface area contributed by atoms with E-state index >= 15 is 0 Å². The third-order valence-corrected chi connectivity index (χ3v) is 3.06. The van der Waals surface area contributed by atoms with E-state index in [1.54, 1.807) is 11.6 Å². The van der Waals surface area contributed by atoms with Crippen LogP contribution in [0.2, 0.25) is 0 Å². The first-order valence-corrected chi connectivity index (χ1v) is 6.72. The number of nitrogens with zero attached hydrogens (tertiary/aromatic N) is 2. The molecule has 1 aliphatic carbocycles. The molecular formula is C14H23N3O2. The molecule has 2 rings (SSSR count). The maximum atomic E-state index is 12.0. The van der Waals surface area contributed by atoms with Crippen molar-refractivity contribution in [1.29, 1.82) is 0 Å². The molecule has 19 heavy (non-hydrogen) atoms. The standard InChI is InChI=1S/C14H23N3O2/c1-13(2,3)19-12(18)14(4,15)9-17-8-11(7-16-17)10-5-6-10/h7-8,10H,5-6,9,15H2,1-4H3. The van der Waals surface area contributed by atoms with Gasteiger partial charge in [-0.15, -0.1) is 0 Å². The fraction of sp³-hybridized carbons (Fsp3) is 0.714. The molecule has 1 atom stereocenters. The molecule has 1 saturated carbocycles. The smallest absolute Gasteiger partial charge is 0.328 e. The van der Waals surface area contributed by atoms with Gasteiger partial charge in [-0.3, -0.25) is 4.68 Å². The Morgan fingerprint density at radius 1 is 1.47 bits per heavy atom. The Morgan fingerprint density at radius 3 is 2.63 bits per heavy atom. The largest absolute Gasteiger partial charge is 0.459 e. The SMILES string of the molecule is CC(C)(C)OC(=O)C(C)(N)Cn1cc(C2CC2)cn1. The van der Waals surface area contributed by atoms with Crippen LogP contribution in [0.3, 0.4) is 0 Å². The molecule has 106 valence electrons. The van der Waals surface area contributed by atoms with E-state index in [4.69, 9.17) is 10.5 Å². The first-order valence-electron chi connectivity index (χ1n) is 6.72. The predicted octanol–water partition coefficient (Wildman–Crippen LogP) is 1.82. The highest BCUT2D eigenvalue weighted by molar-refractivity contribution is 5.80. The van der Waals surface area contributed by atoms with Gasteiger partial charge >= 0.3 is 5.97 Å². The molecule has 0 spiro atoms. The van der Waals surface area contributed by atoms with Crippen molar-refractivity contribution in [2.24, 2.45) is 5.73 Å². The van der Waals surface area contributed by atoms with Gasteiger partial charge < -0.3 is 10.5 Å². The van der Waals surface area contributed by atoms with Gasteiger partial charge in [0.1, 0.15) is 11.1 Å². The van der Waals surface area contributed by atoms with Gasteiger partial charge in [0.15, 0.2) is 0 Å². The van der Waals surface area contributed by atoms with Crippen LogP contribution < -0.4 is 5.73 Å². The summed E-state index contributed by atoms with van der Waals surface area (Å²) in [5.74, 6) is 0.253. The molecule has 0 aliphatic heterocycles. The fourth-order valence-electron chi connectivity index (χ4n) is 1.89. The average Bonchev–Trinajstić information content (AvgIpc) is 2.98. The summed E-state index contributed by atoms with van der Waals surface area (Å²) in [7, 11) is 0. The van der Waals surface area contributed by atoms with Crippen molar-refractivity contribution in [1.82, 2.24) is 9.78 Å². The summed E-state index contributed by atoms with van der Waals surface area (Å²) in [6, 6.07) is 0. The van der Waals surface area contributed by atoms with Crippen molar-refractivity contribution >= 4 is 5.97 Å². The number of esters is 1. The van der Waals surface area contributed by atoms with E-state index in [9.17, 15) is 4.79 Å². The quantitative estimate of drug-likeness (QED) is 0.843. The molecular weight excluding hydrogens is 242 g/mol. The van der Waals surface area contributed by atoms with E-state index in [1.807, 2.05) is 33.2 Å². The van der Waals surface area contributed by atoms with E-state index in [2.05, 4.69) is 5.10 Å². The fourth-order valence-corrected chi connectivity index (χ4v) is 1.89. The molecule has 1 aliphatic rings. The van der Waals surface area contributed by atoms with Crippen LogP contribution >= 0.6 is 0 Å². The van der Waals surface area contributed by atoms with Gasteiger partial charge in [0.25, 0.3) is 0 Å². The number of hydrogen-bond donors (Lipinski definition) is 1. The van der Waals surface area contributed by atoms with E-state index in [0.717, 1.165) is 0 Å². The summed E-state index contributed by atoms with van der Waals surface area (Å²) in [4.78, 5) is 12.0. The zero-order valence-corrected chi connectivity index (χ0v) is 12.1. The third-order valence-electron chi connectivity index (χ3n) is 3.06. The van der Waals surface area contributed by atoms with Crippen molar-refractivity contribution in [3.8, 4) is 0 Å². The summed E-state index contributed by atoms with van der Waals surface area (Å²) in [6.45, 7) is 7.51. The molecule has 1 unspecified atom stereocenters. The van der Waals surface area contributed by atoms with E-state index < -0.39 is 17.1 Å². The second-order valence-electron chi connectivity index (χ2n) is 6.66. The van der Waals surface area contributed by atoms with Crippen LogP contribution in [0.5, 0.6) is 0 Å². The van der Waals surface area contributed by atoms with Crippen LogP contribution in [0.4, 0.5) is 0 Å². The van der Waals surface area contributed by atoms with E-state index in [0.29, 0.717) is 12.5 Å². The number of ether oxygens (including phenoxy) is 1. The van der Waals surface area contributed by atoms with Gasteiger partial charge in [-0.2, -0.15) is 5.10 Å². The monoisotopic (exact) mass is 265 g/mol. The van der Waals surface area contributed by atoms with Crippen molar-refractivity contribution in [3.05, 3.63) is 18.0 Å². The molecule has 5 heteroatoms. The molecule has 0 amide bonds. The Balaban J connectivity index is 2.00. The molecule has 0 saturated heterocycles. The van der Waals surface area contributed by atoms with Crippen LogP contribution in [0.1, 0.15) is 52.0 Å². The molecule has 1 heterocycles. The molecule has 0 radical (unpaired) electrons. The molecule has 1 aromatic rings. The van der Waals surface area contributed by atoms with E-state index in [-0.39, 0.29) is 0 Å². The summed E-state index contributed by atoms with van der Waals surface area (Å²) in [5, 5.41) is 4.27. The third kappa shape index (κ3) is 3.80. The van der Waals surface area contributed by atoms with Gasteiger partial charge in [0.05, 0.1) is 12.7 Å². The van der Waals surface area contributed by atoms with Crippen molar-refractivity contribution in [3.63, 3.8) is 0 Å². The second kappa shape index (κ2) is 4.63. The second-order valence-corrected chi connectivity index (χ2v) is 6.66. The maximum Gasteiger partial charge on any atom is 0.328 e. The predicted molar refractivity (Wildman–Crippen MR) is 72.6 cm³/mol. The highest BCUT2D eigenvalue weighted by Crippen LogP contribution is 2.39. The lowest BCUT2D eigenvalue weighted by atomic mass is 10.0. The Kier molecular flexibility index (Phi) is 3.43. The van der Waals surface area contributed by atoms with Gasteiger partial charge in [-0.25, -0.2) is 4.79 Å². The summed E-state index contributed by atoms with van der Waals surface area (Å²) in [5.41, 5.74) is 5.71. The topological polar surface area (TPSA) is 70.1 Å².